The van der Waals surface area contributed by atoms with E-state index in [4.69, 9.17) is 15.2 Å². The number of ether oxygens (including phenoxy) is 2. The predicted molar refractivity (Wildman–Crippen MR) is 77.2 cm³/mol. The molecule has 0 atom stereocenters. The Morgan fingerprint density at radius 3 is 1.50 bits per heavy atom. The van der Waals surface area contributed by atoms with E-state index in [1.54, 1.807) is 0 Å². The Morgan fingerprint density at radius 2 is 1.25 bits per heavy atom. The van der Waals surface area contributed by atoms with Gasteiger partial charge in [-0.05, 0) is 41.5 Å². The number of hydrogen-bond donors (Lipinski definition) is 1. The van der Waals surface area contributed by atoms with Crippen LogP contribution in [-0.4, -0.2) is 54.2 Å². The van der Waals surface area contributed by atoms with Gasteiger partial charge in [-0.15, -0.1) is 0 Å². The SMILES string of the molecule is CC(C)(C)OCC(=O)N(CCN)C(=O)COC(C)(C)C. The third-order valence-electron chi connectivity index (χ3n) is 2.21. The van der Waals surface area contributed by atoms with Gasteiger partial charge in [0, 0.05) is 13.1 Å². The molecule has 2 amide bonds. The lowest BCUT2D eigenvalue weighted by molar-refractivity contribution is -0.155. The number of imide groups is 1. The molecule has 0 fully saturated rings. The average Bonchev–Trinajstić information content (AvgIpc) is 2.28. The van der Waals surface area contributed by atoms with Crippen molar-refractivity contribution in [2.75, 3.05) is 26.3 Å². The summed E-state index contributed by atoms with van der Waals surface area (Å²) in [6.45, 7) is 11.2. The maximum Gasteiger partial charge on any atom is 0.255 e. The van der Waals surface area contributed by atoms with Gasteiger partial charge in [-0.3, -0.25) is 14.5 Å². The second-order valence-corrected chi connectivity index (χ2v) is 6.53. The Hall–Kier alpha value is -0.980. The molecule has 0 heterocycles. The van der Waals surface area contributed by atoms with Crippen LogP contribution in [0.15, 0.2) is 0 Å². The van der Waals surface area contributed by atoms with Crippen molar-refractivity contribution in [2.24, 2.45) is 5.73 Å². The lowest BCUT2D eigenvalue weighted by atomic mass is 10.2. The van der Waals surface area contributed by atoms with Crippen molar-refractivity contribution in [3.05, 3.63) is 0 Å². The van der Waals surface area contributed by atoms with E-state index in [1.165, 1.54) is 0 Å². The molecule has 0 rings (SSSR count). The Labute approximate surface area is 121 Å². The zero-order valence-corrected chi connectivity index (χ0v) is 13.5. The number of hydrogen-bond acceptors (Lipinski definition) is 5. The molecule has 6 nitrogen and oxygen atoms in total. The molecule has 0 aliphatic carbocycles. The lowest BCUT2D eigenvalue weighted by Gasteiger charge is -2.25. The number of rotatable bonds is 6. The van der Waals surface area contributed by atoms with Gasteiger partial charge in [0.2, 0.25) is 0 Å². The van der Waals surface area contributed by atoms with Gasteiger partial charge >= 0.3 is 0 Å². The Balaban J connectivity index is 4.54. The number of carbonyl (C=O) groups excluding carboxylic acids is 2. The molecule has 0 aliphatic heterocycles. The van der Waals surface area contributed by atoms with Crippen molar-refractivity contribution < 1.29 is 19.1 Å². The van der Waals surface area contributed by atoms with Crippen LogP contribution in [0.2, 0.25) is 0 Å². The first kappa shape index (κ1) is 19.0. The quantitative estimate of drug-likeness (QED) is 0.786. The van der Waals surface area contributed by atoms with Crippen LogP contribution in [-0.2, 0) is 19.1 Å². The lowest BCUT2D eigenvalue weighted by Crippen LogP contribution is -2.45. The highest BCUT2D eigenvalue weighted by atomic mass is 16.5. The first-order chi connectivity index (χ1) is 8.96. The summed E-state index contributed by atoms with van der Waals surface area (Å²) in [7, 11) is 0. The molecule has 0 aromatic carbocycles. The third-order valence-corrected chi connectivity index (χ3v) is 2.21. The first-order valence-electron chi connectivity index (χ1n) is 6.77. The van der Waals surface area contributed by atoms with E-state index >= 15 is 0 Å². The molecule has 0 spiro atoms. The van der Waals surface area contributed by atoms with E-state index in [0.717, 1.165) is 4.90 Å². The van der Waals surface area contributed by atoms with E-state index in [2.05, 4.69) is 0 Å². The predicted octanol–water partition coefficient (Wildman–Crippen LogP) is 0.931. The molecular formula is C14H28N2O4. The smallest absolute Gasteiger partial charge is 0.255 e. The second kappa shape index (κ2) is 7.71. The van der Waals surface area contributed by atoms with Crippen LogP contribution in [0.25, 0.3) is 0 Å². The number of nitrogens with zero attached hydrogens (tertiary/aromatic N) is 1. The second-order valence-electron chi connectivity index (χ2n) is 6.53. The summed E-state index contributed by atoms with van der Waals surface area (Å²) in [5.74, 6) is -0.791. The topological polar surface area (TPSA) is 81.9 Å². The minimum atomic E-state index is -0.436. The number of carbonyl (C=O) groups is 2. The molecule has 6 heteroatoms. The fourth-order valence-electron chi connectivity index (χ4n) is 1.23. The van der Waals surface area contributed by atoms with Crippen molar-refractivity contribution in [1.82, 2.24) is 4.90 Å². The normalized spacial score (nSPS) is 12.3. The maximum atomic E-state index is 12.0. The zero-order chi connectivity index (χ0) is 16.0. The van der Waals surface area contributed by atoms with Gasteiger partial charge in [-0.1, -0.05) is 0 Å². The maximum absolute atomic E-state index is 12.0. The first-order valence-corrected chi connectivity index (χ1v) is 6.77. The van der Waals surface area contributed by atoms with Gasteiger partial charge in [0.05, 0.1) is 11.2 Å². The highest BCUT2D eigenvalue weighted by Crippen LogP contribution is 2.09. The summed E-state index contributed by atoms with van der Waals surface area (Å²) in [5.41, 5.74) is 4.57. The Bertz CT molecular complexity index is 299. The summed E-state index contributed by atoms with van der Waals surface area (Å²) in [5, 5.41) is 0. The molecule has 0 unspecified atom stereocenters. The molecule has 0 aromatic rings. The van der Waals surface area contributed by atoms with E-state index < -0.39 is 23.0 Å². The largest absolute Gasteiger partial charge is 0.366 e. The van der Waals surface area contributed by atoms with Crippen LogP contribution in [0.3, 0.4) is 0 Å². The van der Waals surface area contributed by atoms with E-state index in [-0.39, 0.29) is 26.3 Å². The molecule has 0 saturated heterocycles. The summed E-state index contributed by atoms with van der Waals surface area (Å²) < 4.78 is 10.8. The van der Waals surface area contributed by atoms with E-state index in [0.29, 0.717) is 0 Å². The number of amides is 2. The molecule has 20 heavy (non-hydrogen) atoms. The summed E-state index contributed by atoms with van der Waals surface area (Å²) in [6.07, 6.45) is 0. The molecule has 118 valence electrons. The van der Waals surface area contributed by atoms with E-state index in [9.17, 15) is 9.59 Å². The van der Waals surface area contributed by atoms with Gasteiger partial charge in [0.15, 0.2) is 0 Å². The van der Waals surface area contributed by atoms with Crippen molar-refractivity contribution in [2.45, 2.75) is 52.7 Å². The fraction of sp³-hybridized carbons (Fsp3) is 0.857. The number of nitrogens with two attached hydrogens (primary N) is 1. The van der Waals surface area contributed by atoms with Crippen LogP contribution in [0.5, 0.6) is 0 Å². The van der Waals surface area contributed by atoms with Crippen molar-refractivity contribution in [1.29, 1.82) is 0 Å². The summed E-state index contributed by atoms with van der Waals surface area (Å²) >= 11 is 0. The molecular weight excluding hydrogens is 260 g/mol. The molecule has 0 aromatic heterocycles. The van der Waals surface area contributed by atoms with Crippen LogP contribution in [0.1, 0.15) is 41.5 Å². The minimum absolute atomic E-state index is 0.148. The zero-order valence-electron chi connectivity index (χ0n) is 13.5. The molecule has 2 N–H and O–H groups in total. The van der Waals surface area contributed by atoms with E-state index in [1.807, 2.05) is 41.5 Å². The monoisotopic (exact) mass is 288 g/mol. The Kier molecular flexibility index (Phi) is 7.33. The fourth-order valence-corrected chi connectivity index (χ4v) is 1.23. The highest BCUT2D eigenvalue weighted by molar-refractivity contribution is 5.96. The Morgan fingerprint density at radius 1 is 0.900 bits per heavy atom. The van der Waals surface area contributed by atoms with Gasteiger partial charge < -0.3 is 15.2 Å². The van der Waals surface area contributed by atoms with Crippen LogP contribution >= 0.6 is 0 Å². The molecule has 0 bridgehead atoms. The van der Waals surface area contributed by atoms with Crippen LogP contribution in [0, 0.1) is 0 Å². The molecule has 0 aliphatic rings. The minimum Gasteiger partial charge on any atom is -0.366 e. The average molecular weight is 288 g/mol. The molecule has 0 radical (unpaired) electrons. The third kappa shape index (κ3) is 9.01. The highest BCUT2D eigenvalue weighted by Gasteiger charge is 2.24. The van der Waals surface area contributed by atoms with Gasteiger partial charge in [0.25, 0.3) is 11.8 Å². The van der Waals surface area contributed by atoms with Crippen LogP contribution in [0.4, 0.5) is 0 Å². The standard InChI is InChI=1S/C14H28N2O4/c1-13(2,3)19-9-11(17)16(8-7-15)12(18)10-20-14(4,5)6/h7-10,15H2,1-6H3. The van der Waals surface area contributed by atoms with Crippen molar-refractivity contribution >= 4 is 11.8 Å². The van der Waals surface area contributed by atoms with Crippen molar-refractivity contribution in [3.8, 4) is 0 Å². The van der Waals surface area contributed by atoms with Crippen LogP contribution < -0.4 is 5.73 Å². The van der Waals surface area contributed by atoms with Gasteiger partial charge in [-0.2, -0.15) is 0 Å². The summed E-state index contributed by atoms with van der Waals surface area (Å²) in [4.78, 5) is 25.1. The van der Waals surface area contributed by atoms with Gasteiger partial charge in [-0.25, -0.2) is 0 Å². The summed E-state index contributed by atoms with van der Waals surface area (Å²) in [6, 6.07) is 0. The molecule has 0 saturated carbocycles. The van der Waals surface area contributed by atoms with Crippen molar-refractivity contribution in [3.63, 3.8) is 0 Å². The van der Waals surface area contributed by atoms with Gasteiger partial charge in [0.1, 0.15) is 13.2 Å².